The fraction of sp³-hybridized carbons (Fsp3) is 0.347. The number of nitrogens with two attached hydrogens (primary N) is 2. The van der Waals surface area contributed by atoms with Crippen LogP contribution in [0.5, 0.6) is 0 Å². The molecule has 4 aliphatic rings. The van der Waals surface area contributed by atoms with Gasteiger partial charge in [-0.05, 0) is 121 Å². The highest BCUT2D eigenvalue weighted by atomic mass is 127. The summed E-state index contributed by atoms with van der Waals surface area (Å²) in [4.78, 5) is 85.5. The molecule has 0 unspecified atom stereocenters. The summed E-state index contributed by atoms with van der Waals surface area (Å²) >= 11 is 16.7. The number of fused-ring (bicyclic) bond motifs is 3. The Labute approximate surface area is 668 Å². The van der Waals surface area contributed by atoms with E-state index in [2.05, 4.69) is 86.9 Å². The van der Waals surface area contributed by atoms with Gasteiger partial charge in [-0.3, -0.25) is 4.79 Å². The van der Waals surface area contributed by atoms with Crippen LogP contribution in [0.4, 0.5) is 24.8 Å². The molecule has 4 aromatic carbocycles. The van der Waals surface area contributed by atoms with E-state index >= 15 is 0 Å². The molecule has 10 heterocycles. The minimum Gasteiger partial charge on any atom is -0.459 e. The molecule has 0 radical (unpaired) electrons. The Hall–Kier alpha value is -9.24. The Balaban J connectivity index is 0.000000150. The molecule has 4 saturated heterocycles. The van der Waals surface area contributed by atoms with Crippen LogP contribution in [0.3, 0.4) is 0 Å². The maximum absolute atomic E-state index is 12.9. The molecule has 1 amide bonds. The Morgan fingerprint density at radius 1 is 0.541 bits per heavy atom. The molecular formula is C75H73Cl2F3I2N12O17. The van der Waals surface area contributed by atoms with Gasteiger partial charge < -0.3 is 88.8 Å². The molecular weight excluding hydrogens is 1720 g/mol. The first-order valence-corrected chi connectivity index (χ1v) is 37.3. The Bertz CT molecular complexity index is 5060. The third-order valence-electron chi connectivity index (χ3n) is 18.0. The first-order valence-electron chi connectivity index (χ1n) is 34.3. The van der Waals surface area contributed by atoms with Crippen LogP contribution >= 0.6 is 68.4 Å². The number of esters is 4. The molecule has 12 atom stereocenters. The number of hydrogen-bond donors (Lipinski definition) is 7. The summed E-state index contributed by atoms with van der Waals surface area (Å²) in [7, 11) is 0. The quantitative estimate of drug-likeness (QED) is 0.0118. The number of nitrogens with one attached hydrogen (secondary N) is 1. The zero-order valence-electron chi connectivity index (χ0n) is 59.4. The van der Waals surface area contributed by atoms with Gasteiger partial charge in [-0.2, -0.15) is 13.2 Å². The molecule has 29 nitrogen and oxygen atoms in total. The summed E-state index contributed by atoms with van der Waals surface area (Å²) in [6.45, 7) is 6.56. The van der Waals surface area contributed by atoms with Crippen molar-refractivity contribution >= 4 is 143 Å². The van der Waals surface area contributed by atoms with Gasteiger partial charge in [0.2, 0.25) is 0 Å². The highest BCUT2D eigenvalue weighted by molar-refractivity contribution is 14.1. The normalized spacial score (nSPS) is 21.9. The number of halogens is 7. The van der Waals surface area contributed by atoms with E-state index in [1.807, 2.05) is 97.8 Å². The standard InChI is InChI=1S/C27H23ClIN3O5.C21H21ClO5.C16H16F3N5O4.C11H13IN4O3/c1-15-3-7-17(8-4-15)26(33)35-13-21-20(37-27(34)18-9-5-16(2)6-10-18)11-22(36-21)32-12-19(29)23-24(28)30-14-31-25(23)32;1-13-3-7-15(8-4-13)20(23)25-12-18-17(11-19(22)26-18)27-21(24)16-9-5-14(2)6-10-16;17-16(18,19)15(27)21-3-1-2-8-5-24(11-4-9(26)10(6-25)28-11)14-12(8)13(20)22-7-23-14;12-5-2-16(8-1-6(18)7(3-17)19-8)11-9(5)10(13)14-4-15-11/h3-10,12,14,20-22H,11,13H2,1-2H3;3-10,17-19H,11-12H2,1-2H3;5,7,9-11,25-26H,3-4,6H2,(H,21,27)(H2,20,22,23);2,4,6-8,17-18H,1,3H2,(H2,13,14,15)/t20-,21-,22-;17-,18-,19+;9-,10-,11-;6-,7-,8-/m1111/s1. The second-order valence-electron chi connectivity index (χ2n) is 25.9. The number of anilines is 2. The number of aromatic nitrogens is 9. The summed E-state index contributed by atoms with van der Waals surface area (Å²) in [5.74, 6) is 1.63. The van der Waals surface area contributed by atoms with E-state index in [9.17, 15) is 52.5 Å². The van der Waals surface area contributed by atoms with Gasteiger partial charge in [-0.25, -0.2) is 49.1 Å². The van der Waals surface area contributed by atoms with Gasteiger partial charge in [0.1, 0.15) is 127 Å². The highest BCUT2D eigenvalue weighted by Gasteiger charge is 2.43. The van der Waals surface area contributed by atoms with Gasteiger partial charge in [0.05, 0.1) is 75.9 Å². The molecule has 14 rings (SSSR count). The largest absolute Gasteiger partial charge is 0.471 e. The van der Waals surface area contributed by atoms with E-state index in [1.54, 1.807) is 58.4 Å². The summed E-state index contributed by atoms with van der Waals surface area (Å²) < 4.78 is 88.9. The number of alkyl halides is 4. The van der Waals surface area contributed by atoms with Crippen molar-refractivity contribution in [3.05, 3.63) is 197 Å². The summed E-state index contributed by atoms with van der Waals surface area (Å²) in [6.07, 6.45) is -1.33. The van der Waals surface area contributed by atoms with Crippen molar-refractivity contribution in [2.75, 3.05) is 44.4 Å². The van der Waals surface area contributed by atoms with E-state index in [4.69, 9.17) is 77.7 Å². The molecule has 0 aliphatic carbocycles. The van der Waals surface area contributed by atoms with Crippen LogP contribution < -0.4 is 16.8 Å². The molecule has 10 aromatic rings. The molecule has 111 heavy (non-hydrogen) atoms. The lowest BCUT2D eigenvalue weighted by molar-refractivity contribution is -0.173. The monoisotopic (exact) mass is 1790 g/mol. The smallest absolute Gasteiger partial charge is 0.459 e. The minimum atomic E-state index is -4.99. The number of amides is 1. The van der Waals surface area contributed by atoms with Gasteiger partial charge in [0, 0.05) is 51.4 Å². The van der Waals surface area contributed by atoms with Crippen LogP contribution in [-0.2, 0) is 42.7 Å². The van der Waals surface area contributed by atoms with E-state index in [0.29, 0.717) is 80.4 Å². The summed E-state index contributed by atoms with van der Waals surface area (Å²) in [5.41, 5.74) is 19.1. The van der Waals surface area contributed by atoms with E-state index < -0.39 is 109 Å². The number of carbonyl (C=O) groups is 5. The number of ether oxygens (including phenoxy) is 8. The maximum Gasteiger partial charge on any atom is 0.471 e. The topological polar surface area (TPSA) is 396 Å². The fourth-order valence-corrected chi connectivity index (χ4v) is 14.4. The average molecular weight is 1800 g/mol. The molecule has 0 spiro atoms. The Kier molecular flexibility index (Phi) is 27.5. The van der Waals surface area contributed by atoms with Crippen LogP contribution in [-0.4, -0.2) is 187 Å². The van der Waals surface area contributed by atoms with Crippen molar-refractivity contribution in [1.29, 1.82) is 0 Å². The Morgan fingerprint density at radius 2 is 0.919 bits per heavy atom. The van der Waals surface area contributed by atoms with E-state index in [-0.39, 0.29) is 44.9 Å². The van der Waals surface area contributed by atoms with Crippen LogP contribution in [0, 0.1) is 46.7 Å². The van der Waals surface area contributed by atoms with Crippen molar-refractivity contribution in [3.63, 3.8) is 0 Å². The number of aliphatic hydroxyl groups is 4. The van der Waals surface area contributed by atoms with Crippen LogP contribution in [0.1, 0.15) is 114 Å². The fourth-order valence-electron chi connectivity index (χ4n) is 12.1. The van der Waals surface area contributed by atoms with Crippen LogP contribution in [0.15, 0.2) is 135 Å². The summed E-state index contributed by atoms with van der Waals surface area (Å²) in [5, 5.41) is 41.9. The lowest BCUT2D eigenvalue weighted by Crippen LogP contribution is -2.36. The average Bonchev–Trinajstić information content (AvgIpc) is 1.63. The first-order chi connectivity index (χ1) is 53.0. The number of benzene rings is 4. The second-order valence-corrected chi connectivity index (χ2v) is 29.1. The SMILES string of the molecule is Cc1ccc(C(=O)OC[C@H]2O[C@@H](n3cc(I)c4c(Cl)ncnc43)C[C@H]2OC(=O)c2ccc(C)cc2)cc1.Cc1ccc(C(=O)OC[C@H]2O[C@H](Cl)C[C@H]2OC(=O)c2ccc(C)cc2)cc1.Nc1ncnc2c1c(C#CCNC(=O)C(F)(F)F)cn2[C@H]1C[C@@H](O)[C@@H](CO)O1.Nc1ncnc2c1c(I)cn2[C@H]1C[C@@H](O)[C@@H](CO)O1. The predicted molar refractivity (Wildman–Crippen MR) is 412 cm³/mol. The predicted octanol–water partition coefficient (Wildman–Crippen LogP) is 9.66. The van der Waals surface area contributed by atoms with Gasteiger partial charge in [0.15, 0.2) is 0 Å². The number of nitrogen functional groups attached to an aromatic ring is 2. The first kappa shape index (κ1) is 82.7. The van der Waals surface area contributed by atoms with Gasteiger partial charge in [0.25, 0.3) is 0 Å². The van der Waals surface area contributed by atoms with Gasteiger partial charge in [-0.15, -0.1) is 0 Å². The van der Waals surface area contributed by atoms with Crippen molar-refractivity contribution in [1.82, 2.24) is 48.9 Å². The van der Waals surface area contributed by atoms with Crippen molar-refractivity contribution < 1.29 is 95.5 Å². The number of hydrogen-bond acceptors (Lipinski definition) is 25. The number of carbonyl (C=O) groups excluding carboxylic acids is 5. The van der Waals surface area contributed by atoms with Gasteiger partial charge in [-0.1, -0.05) is 106 Å². The van der Waals surface area contributed by atoms with Crippen LogP contribution in [0.25, 0.3) is 33.1 Å². The van der Waals surface area contributed by atoms with Crippen molar-refractivity contribution in [3.8, 4) is 11.8 Å². The molecule has 0 saturated carbocycles. The summed E-state index contributed by atoms with van der Waals surface area (Å²) in [6, 6.07) is 28.4. The number of nitrogens with zero attached hydrogens (tertiary/aromatic N) is 9. The molecule has 9 N–H and O–H groups in total. The molecule has 4 fully saturated rings. The number of rotatable bonds is 16. The zero-order chi connectivity index (χ0) is 79.5. The molecule has 6 aromatic heterocycles. The van der Waals surface area contributed by atoms with E-state index in [0.717, 1.165) is 40.2 Å². The molecule has 584 valence electrons. The zero-order valence-corrected chi connectivity index (χ0v) is 65.2. The lowest BCUT2D eigenvalue weighted by atomic mass is 10.1. The molecule has 36 heteroatoms. The second kappa shape index (κ2) is 36.9. The third kappa shape index (κ3) is 20.3. The Morgan fingerprint density at radius 3 is 1.37 bits per heavy atom. The maximum atomic E-state index is 12.9. The van der Waals surface area contributed by atoms with Crippen molar-refractivity contribution in [2.24, 2.45) is 0 Å². The third-order valence-corrected chi connectivity index (χ3v) is 20.2. The number of aryl methyl sites for hydroxylation is 4. The van der Waals surface area contributed by atoms with Crippen LogP contribution in [0.2, 0.25) is 5.15 Å². The van der Waals surface area contributed by atoms with E-state index in [1.165, 1.54) is 25.2 Å². The van der Waals surface area contributed by atoms with Gasteiger partial charge >= 0.3 is 36.0 Å². The number of aliphatic hydroxyl groups excluding tert-OH is 4. The van der Waals surface area contributed by atoms with Crippen molar-refractivity contribution in [2.45, 2.75) is 133 Å². The molecule has 0 bridgehead atoms. The highest BCUT2D eigenvalue weighted by Crippen LogP contribution is 2.39. The lowest BCUT2D eigenvalue weighted by Gasteiger charge is -2.19. The minimum absolute atomic E-state index is 0.0399. The molecule has 4 aliphatic heterocycles.